The summed E-state index contributed by atoms with van der Waals surface area (Å²) >= 11 is 20.2. The van der Waals surface area contributed by atoms with Crippen LogP contribution in [0.5, 0.6) is 5.88 Å². The van der Waals surface area contributed by atoms with Crippen LogP contribution in [0, 0.1) is 0 Å². The average molecular weight is 305 g/mol. The van der Waals surface area contributed by atoms with Gasteiger partial charge >= 0.3 is 0 Å². The topological polar surface area (TPSA) is 22.1 Å². The molecule has 0 aromatic carbocycles. The second-order valence-corrected chi connectivity index (χ2v) is 5.31. The van der Waals surface area contributed by atoms with E-state index in [0.29, 0.717) is 16.0 Å². The Hall–Kier alpha value is 0.300. The normalized spacial score (nSPS) is 11.5. The van der Waals surface area contributed by atoms with E-state index in [2.05, 4.69) is 20.9 Å². The summed E-state index contributed by atoms with van der Waals surface area (Å²) in [6, 6.07) is 3.19. The van der Waals surface area contributed by atoms with Gasteiger partial charge < -0.3 is 4.74 Å². The van der Waals surface area contributed by atoms with Gasteiger partial charge in [0.25, 0.3) is 0 Å². The van der Waals surface area contributed by atoms with E-state index in [-0.39, 0.29) is 0 Å². The molecule has 0 fully saturated rings. The zero-order valence-corrected chi connectivity index (χ0v) is 10.4. The van der Waals surface area contributed by atoms with Crippen molar-refractivity contribution in [2.75, 3.05) is 7.11 Å². The van der Waals surface area contributed by atoms with Gasteiger partial charge in [0.2, 0.25) is 9.67 Å². The molecule has 72 valence electrons. The monoisotopic (exact) mass is 303 g/mol. The van der Waals surface area contributed by atoms with Gasteiger partial charge in [-0.1, -0.05) is 34.8 Å². The number of methoxy groups -OCH3 is 1. The third-order valence-corrected chi connectivity index (χ3v) is 2.37. The van der Waals surface area contributed by atoms with Gasteiger partial charge in [-0.05, 0) is 22.0 Å². The summed E-state index contributed by atoms with van der Waals surface area (Å²) < 4.78 is 4.02. The van der Waals surface area contributed by atoms with Crippen LogP contribution < -0.4 is 4.74 Å². The maximum Gasteiger partial charge on any atom is 0.216 e. The Morgan fingerprint density at radius 3 is 2.46 bits per heavy atom. The van der Waals surface area contributed by atoms with Gasteiger partial charge in [-0.2, -0.15) is 0 Å². The van der Waals surface area contributed by atoms with Crippen LogP contribution in [-0.4, -0.2) is 12.1 Å². The largest absolute Gasteiger partial charge is 0.481 e. The Bertz CT molecular complexity index is 313. The molecule has 1 aromatic heterocycles. The summed E-state index contributed by atoms with van der Waals surface area (Å²) in [7, 11) is 1.50. The van der Waals surface area contributed by atoms with Gasteiger partial charge in [0.05, 0.1) is 7.11 Å². The maximum absolute atomic E-state index is 5.69. The zero-order valence-electron chi connectivity index (χ0n) is 6.52. The maximum atomic E-state index is 5.69. The number of nitrogens with zero attached hydrogens (tertiary/aromatic N) is 1. The fourth-order valence-electron chi connectivity index (χ4n) is 0.741. The number of hydrogen-bond donors (Lipinski definition) is 0. The summed E-state index contributed by atoms with van der Waals surface area (Å²) in [5, 5.41) is 0. The average Bonchev–Trinajstić information content (AvgIpc) is 2.01. The van der Waals surface area contributed by atoms with Gasteiger partial charge in [0.1, 0.15) is 4.60 Å². The highest BCUT2D eigenvalue weighted by atomic mass is 79.9. The summed E-state index contributed by atoms with van der Waals surface area (Å²) in [5.41, 5.74) is 0.510. The number of halogens is 4. The first-order valence-corrected chi connectivity index (χ1v) is 5.15. The van der Waals surface area contributed by atoms with Crippen molar-refractivity contribution in [3.8, 4) is 5.88 Å². The van der Waals surface area contributed by atoms with Crippen LogP contribution in [-0.2, 0) is 3.79 Å². The summed E-state index contributed by atoms with van der Waals surface area (Å²) in [6.45, 7) is 0. The second-order valence-electron chi connectivity index (χ2n) is 2.22. The van der Waals surface area contributed by atoms with Crippen LogP contribution in [0.25, 0.3) is 0 Å². The zero-order chi connectivity index (χ0) is 10.1. The second kappa shape index (κ2) is 4.22. The highest BCUT2D eigenvalue weighted by Crippen LogP contribution is 2.39. The highest BCUT2D eigenvalue weighted by Gasteiger charge is 2.24. The minimum Gasteiger partial charge on any atom is -0.481 e. The van der Waals surface area contributed by atoms with Gasteiger partial charge in [0.15, 0.2) is 0 Å². The third-order valence-electron chi connectivity index (χ3n) is 1.31. The Balaban J connectivity index is 3.16. The molecule has 0 radical (unpaired) electrons. The van der Waals surface area contributed by atoms with Gasteiger partial charge in [-0.25, -0.2) is 4.98 Å². The molecule has 0 spiro atoms. The van der Waals surface area contributed by atoms with E-state index >= 15 is 0 Å². The molecule has 0 aliphatic heterocycles. The fraction of sp³-hybridized carbons (Fsp3) is 0.286. The molecule has 6 heteroatoms. The Morgan fingerprint density at radius 2 is 2.00 bits per heavy atom. The Kier molecular flexibility index (Phi) is 3.69. The lowest BCUT2D eigenvalue weighted by Gasteiger charge is -2.12. The van der Waals surface area contributed by atoms with Crippen molar-refractivity contribution in [3.63, 3.8) is 0 Å². The Morgan fingerprint density at radius 1 is 1.38 bits per heavy atom. The molecule has 2 nitrogen and oxygen atoms in total. The van der Waals surface area contributed by atoms with Crippen molar-refractivity contribution in [2.45, 2.75) is 3.79 Å². The number of pyridine rings is 1. The molecular weight excluding hydrogens is 300 g/mol. The molecule has 0 atom stereocenters. The van der Waals surface area contributed by atoms with Crippen LogP contribution in [0.15, 0.2) is 16.7 Å². The van der Waals surface area contributed by atoms with Gasteiger partial charge in [-0.3, -0.25) is 0 Å². The Labute approximate surface area is 99.3 Å². The molecule has 0 amide bonds. The molecule has 1 heterocycles. The van der Waals surface area contributed by atoms with E-state index in [1.807, 2.05) is 0 Å². The lowest BCUT2D eigenvalue weighted by atomic mass is 10.3. The number of ether oxygens (including phenoxy) is 1. The smallest absolute Gasteiger partial charge is 0.216 e. The summed E-state index contributed by atoms with van der Waals surface area (Å²) in [5.74, 6) is 0.399. The van der Waals surface area contributed by atoms with E-state index < -0.39 is 3.79 Å². The minimum atomic E-state index is -1.46. The van der Waals surface area contributed by atoms with Crippen molar-refractivity contribution in [3.05, 3.63) is 22.3 Å². The van der Waals surface area contributed by atoms with Crippen molar-refractivity contribution in [1.29, 1.82) is 0 Å². The summed E-state index contributed by atoms with van der Waals surface area (Å²) in [4.78, 5) is 3.98. The molecule has 1 aromatic rings. The number of rotatable bonds is 1. The van der Waals surface area contributed by atoms with Crippen LogP contribution in [0.3, 0.4) is 0 Å². The molecule has 0 saturated heterocycles. The SMILES string of the molecule is COc1cc(C(Cl)(Cl)Cl)cc(Br)n1. The van der Waals surface area contributed by atoms with E-state index in [0.717, 1.165) is 0 Å². The number of aromatic nitrogens is 1. The molecule has 13 heavy (non-hydrogen) atoms. The first-order valence-electron chi connectivity index (χ1n) is 3.22. The lowest BCUT2D eigenvalue weighted by Crippen LogP contribution is -2.01. The number of hydrogen-bond acceptors (Lipinski definition) is 2. The standard InChI is InChI=1S/C7H5BrCl3NO/c1-13-6-3-4(7(9,10)11)2-5(8)12-6/h2-3H,1H3. The molecule has 0 aliphatic rings. The van der Waals surface area contributed by atoms with Crippen LogP contribution in [0.4, 0.5) is 0 Å². The minimum absolute atomic E-state index is 0.399. The van der Waals surface area contributed by atoms with Crippen LogP contribution >= 0.6 is 50.7 Å². The van der Waals surface area contributed by atoms with E-state index in [1.54, 1.807) is 12.1 Å². The molecular formula is C7H5BrCl3NO. The first kappa shape index (κ1) is 11.4. The van der Waals surface area contributed by atoms with Crippen LogP contribution in [0.2, 0.25) is 0 Å². The van der Waals surface area contributed by atoms with Gasteiger partial charge in [-0.15, -0.1) is 0 Å². The highest BCUT2D eigenvalue weighted by molar-refractivity contribution is 9.10. The van der Waals surface area contributed by atoms with Crippen molar-refractivity contribution in [2.24, 2.45) is 0 Å². The third kappa shape index (κ3) is 3.17. The molecule has 0 aliphatic carbocycles. The fourth-order valence-corrected chi connectivity index (χ4v) is 1.49. The quantitative estimate of drug-likeness (QED) is 0.583. The predicted molar refractivity (Wildman–Crippen MR) is 57.7 cm³/mol. The lowest BCUT2D eigenvalue weighted by molar-refractivity contribution is 0.396. The van der Waals surface area contributed by atoms with E-state index in [1.165, 1.54) is 7.11 Å². The molecule has 0 unspecified atom stereocenters. The van der Waals surface area contributed by atoms with Crippen molar-refractivity contribution in [1.82, 2.24) is 4.98 Å². The van der Waals surface area contributed by atoms with E-state index in [9.17, 15) is 0 Å². The van der Waals surface area contributed by atoms with E-state index in [4.69, 9.17) is 39.5 Å². The number of alkyl halides is 3. The van der Waals surface area contributed by atoms with Gasteiger partial charge in [0, 0.05) is 11.6 Å². The molecule has 0 saturated carbocycles. The first-order chi connectivity index (χ1) is 5.93. The molecule has 0 N–H and O–H groups in total. The predicted octanol–water partition coefficient (Wildman–Crippen LogP) is 3.68. The van der Waals surface area contributed by atoms with Crippen molar-refractivity contribution < 1.29 is 4.74 Å². The molecule has 1 rings (SSSR count). The van der Waals surface area contributed by atoms with Crippen LogP contribution in [0.1, 0.15) is 5.56 Å². The molecule has 0 bridgehead atoms. The van der Waals surface area contributed by atoms with Crippen molar-refractivity contribution >= 4 is 50.7 Å². The summed E-state index contributed by atoms with van der Waals surface area (Å²) in [6.07, 6.45) is 0.